The summed E-state index contributed by atoms with van der Waals surface area (Å²) >= 11 is 0. The summed E-state index contributed by atoms with van der Waals surface area (Å²) < 4.78 is 4.27. The van der Waals surface area contributed by atoms with Crippen LogP contribution in [0.3, 0.4) is 0 Å². The van der Waals surface area contributed by atoms with Gasteiger partial charge >= 0.3 is 5.69 Å². The summed E-state index contributed by atoms with van der Waals surface area (Å²) in [4.78, 5) is 62.7. The van der Waals surface area contributed by atoms with Crippen LogP contribution in [0.1, 0.15) is 62.0 Å². The normalized spacial score (nSPS) is 17.9. The molecule has 2 aliphatic heterocycles. The van der Waals surface area contributed by atoms with E-state index in [2.05, 4.69) is 15.3 Å². The van der Waals surface area contributed by atoms with Crippen molar-refractivity contribution >= 4 is 34.2 Å². The van der Waals surface area contributed by atoms with Crippen molar-refractivity contribution in [1.82, 2.24) is 33.8 Å². The topological polar surface area (TPSA) is 163 Å². The molecule has 2 fully saturated rings. The Hall–Kier alpha value is -5.59. The number of nitrogen functional groups attached to an aromatic ring is 1. The fourth-order valence-electron chi connectivity index (χ4n) is 6.58. The lowest BCUT2D eigenvalue weighted by molar-refractivity contribution is -0.130. The van der Waals surface area contributed by atoms with E-state index in [-0.39, 0.29) is 35.4 Å². The third-order valence-electron chi connectivity index (χ3n) is 8.90. The van der Waals surface area contributed by atoms with E-state index in [1.165, 1.54) is 17.0 Å². The number of benzene rings is 1. The average Bonchev–Trinajstić information content (AvgIpc) is 3.63. The molecule has 2 unspecified atom stereocenters. The Kier molecular flexibility index (Phi) is 7.22. The molecule has 2 saturated heterocycles. The molecule has 0 radical (unpaired) electrons. The predicted molar refractivity (Wildman–Crippen MR) is 173 cm³/mol. The van der Waals surface area contributed by atoms with Crippen LogP contribution in [0.15, 0.2) is 76.7 Å². The first-order valence-electron chi connectivity index (χ1n) is 15.3. The van der Waals surface area contributed by atoms with Crippen molar-refractivity contribution in [2.45, 2.75) is 57.7 Å². The van der Waals surface area contributed by atoms with E-state index in [1.807, 2.05) is 27.8 Å². The second-order valence-corrected chi connectivity index (χ2v) is 12.0. The van der Waals surface area contributed by atoms with Crippen molar-refractivity contribution in [1.29, 1.82) is 0 Å². The molecule has 2 amide bonds. The minimum Gasteiger partial charge on any atom is -0.383 e. The molecule has 2 atom stereocenters. The molecule has 5 aromatic rings. The molecule has 1 aromatic carbocycles. The van der Waals surface area contributed by atoms with Gasteiger partial charge in [0.2, 0.25) is 5.91 Å². The number of pyridine rings is 2. The van der Waals surface area contributed by atoms with Gasteiger partial charge < -0.3 is 16.0 Å². The summed E-state index contributed by atoms with van der Waals surface area (Å²) in [5.41, 5.74) is 7.63. The van der Waals surface area contributed by atoms with E-state index in [1.54, 1.807) is 50.4 Å². The number of nitrogens with zero attached hydrogens (tertiary/aromatic N) is 7. The number of fused-ring (bicyclic) bond motifs is 2. The maximum atomic E-state index is 13.4. The first-order chi connectivity index (χ1) is 22.2. The monoisotopic (exact) mass is 619 g/mol. The molecule has 3 N–H and O–H groups in total. The average molecular weight is 620 g/mol. The Morgan fingerprint density at radius 3 is 2.52 bits per heavy atom. The number of anilines is 2. The zero-order valence-corrected chi connectivity index (χ0v) is 25.5. The molecule has 234 valence electrons. The number of amides is 2. The van der Waals surface area contributed by atoms with Crippen LogP contribution >= 0.6 is 0 Å². The van der Waals surface area contributed by atoms with Crippen LogP contribution in [0.4, 0.5) is 11.5 Å². The standard InChI is InChI=1S/C33H33N9O4/c1-19(2)40-18-24(32(45)41(33(40)46)26-5-3-4-14-35-26)31(44)37-21-8-6-20(7-9-21)29-28-25(12-15-36-30(28)34)42(38-29)23-13-16-39-22(17-23)10-11-27(39)43/h3-9,12,14-15,18-19,22-23H,10-11,13,16-17H2,1-2H3,(H2,34,36)(H,37,44). The first kappa shape index (κ1) is 29.1. The van der Waals surface area contributed by atoms with E-state index in [0.29, 0.717) is 30.2 Å². The van der Waals surface area contributed by atoms with Gasteiger partial charge in [-0.05, 0) is 63.4 Å². The van der Waals surface area contributed by atoms with Gasteiger partial charge in [0.25, 0.3) is 11.5 Å². The van der Waals surface area contributed by atoms with Gasteiger partial charge in [-0.3, -0.25) is 23.6 Å². The highest BCUT2D eigenvalue weighted by molar-refractivity contribution is 6.04. The Morgan fingerprint density at radius 1 is 0.978 bits per heavy atom. The number of piperidine rings is 1. The predicted octanol–water partition coefficient (Wildman–Crippen LogP) is 3.55. The summed E-state index contributed by atoms with van der Waals surface area (Å²) in [6.45, 7) is 4.29. The number of carbonyl (C=O) groups is 2. The van der Waals surface area contributed by atoms with Gasteiger partial charge in [0, 0.05) is 54.9 Å². The van der Waals surface area contributed by atoms with Crippen LogP contribution in [0, 0.1) is 0 Å². The maximum absolute atomic E-state index is 13.4. The summed E-state index contributed by atoms with van der Waals surface area (Å²) in [6, 6.07) is 13.9. The number of hydrogen-bond acceptors (Lipinski definition) is 8. The van der Waals surface area contributed by atoms with Gasteiger partial charge in [-0.1, -0.05) is 18.2 Å². The fraction of sp³-hybridized carbons (Fsp3) is 0.303. The van der Waals surface area contributed by atoms with Crippen molar-refractivity contribution in [3.05, 3.63) is 93.5 Å². The van der Waals surface area contributed by atoms with Crippen molar-refractivity contribution < 1.29 is 9.59 Å². The third kappa shape index (κ3) is 4.93. The molecular formula is C33H33N9O4. The van der Waals surface area contributed by atoms with Crippen molar-refractivity contribution in [3.63, 3.8) is 0 Å². The number of carbonyl (C=O) groups excluding carboxylic acids is 2. The van der Waals surface area contributed by atoms with E-state index in [9.17, 15) is 19.2 Å². The third-order valence-corrected chi connectivity index (χ3v) is 8.90. The fourth-order valence-corrected chi connectivity index (χ4v) is 6.58. The molecule has 46 heavy (non-hydrogen) atoms. The molecule has 13 nitrogen and oxygen atoms in total. The molecule has 0 bridgehead atoms. The molecular weight excluding hydrogens is 586 g/mol. The number of nitrogens with two attached hydrogens (primary N) is 1. The van der Waals surface area contributed by atoms with Crippen LogP contribution in [0.5, 0.6) is 0 Å². The molecule has 0 saturated carbocycles. The molecule has 0 aliphatic carbocycles. The molecule has 7 rings (SSSR count). The lowest BCUT2D eigenvalue weighted by Crippen LogP contribution is -2.43. The number of nitrogens with one attached hydrogen (secondary N) is 1. The van der Waals surface area contributed by atoms with Crippen LogP contribution in [-0.2, 0) is 4.79 Å². The van der Waals surface area contributed by atoms with Crippen LogP contribution < -0.4 is 22.3 Å². The zero-order valence-electron chi connectivity index (χ0n) is 25.5. The van der Waals surface area contributed by atoms with Crippen LogP contribution in [0.2, 0.25) is 0 Å². The molecule has 4 aromatic heterocycles. The minimum absolute atomic E-state index is 0.119. The molecule has 13 heteroatoms. The highest BCUT2D eigenvalue weighted by Crippen LogP contribution is 2.38. The highest BCUT2D eigenvalue weighted by atomic mass is 16.2. The molecule has 2 aliphatic rings. The Bertz CT molecular complexity index is 2100. The van der Waals surface area contributed by atoms with Crippen molar-refractivity contribution in [2.24, 2.45) is 0 Å². The lowest BCUT2D eigenvalue weighted by atomic mass is 9.97. The number of aromatic nitrogens is 6. The SMILES string of the molecule is CC(C)n1cc(C(=O)Nc2ccc(-c3nn(C4CCN5C(=O)CCC5C4)c4ccnc(N)c34)cc2)c(=O)n(-c2ccccn2)c1=O. The second kappa shape index (κ2) is 11.4. The van der Waals surface area contributed by atoms with E-state index in [0.717, 1.165) is 40.3 Å². The van der Waals surface area contributed by atoms with Crippen molar-refractivity contribution in [2.75, 3.05) is 17.6 Å². The summed E-state index contributed by atoms with van der Waals surface area (Å²) in [6.07, 6.45) is 7.55. The van der Waals surface area contributed by atoms with Gasteiger partial charge in [0.15, 0.2) is 0 Å². The second-order valence-electron chi connectivity index (χ2n) is 12.0. The molecule has 0 spiro atoms. The van der Waals surface area contributed by atoms with Gasteiger partial charge in [-0.2, -0.15) is 5.10 Å². The van der Waals surface area contributed by atoms with Crippen LogP contribution in [0.25, 0.3) is 28.0 Å². The Labute approximate surface area is 263 Å². The number of rotatable bonds is 6. The number of hydrogen-bond donors (Lipinski definition) is 2. The highest BCUT2D eigenvalue weighted by Gasteiger charge is 2.37. The summed E-state index contributed by atoms with van der Waals surface area (Å²) in [7, 11) is 0. The van der Waals surface area contributed by atoms with E-state index < -0.39 is 17.2 Å². The summed E-state index contributed by atoms with van der Waals surface area (Å²) in [5, 5.41) is 8.56. The van der Waals surface area contributed by atoms with Crippen molar-refractivity contribution in [3.8, 4) is 17.1 Å². The van der Waals surface area contributed by atoms with Crippen LogP contribution in [-0.4, -0.2) is 58.2 Å². The van der Waals surface area contributed by atoms with E-state index in [4.69, 9.17) is 10.8 Å². The lowest BCUT2D eigenvalue weighted by Gasteiger charge is -2.35. The Morgan fingerprint density at radius 2 is 1.78 bits per heavy atom. The van der Waals surface area contributed by atoms with Gasteiger partial charge in [0.1, 0.15) is 22.9 Å². The summed E-state index contributed by atoms with van der Waals surface area (Å²) in [5.74, 6) is 0.0786. The molecule has 6 heterocycles. The van der Waals surface area contributed by atoms with Gasteiger partial charge in [-0.15, -0.1) is 0 Å². The minimum atomic E-state index is -0.762. The van der Waals surface area contributed by atoms with E-state index >= 15 is 0 Å². The largest absolute Gasteiger partial charge is 0.383 e. The first-order valence-corrected chi connectivity index (χ1v) is 15.3. The maximum Gasteiger partial charge on any atom is 0.337 e. The van der Waals surface area contributed by atoms with Gasteiger partial charge in [0.05, 0.1) is 16.9 Å². The quantitative estimate of drug-likeness (QED) is 0.292. The smallest absolute Gasteiger partial charge is 0.337 e. The zero-order chi connectivity index (χ0) is 32.1. The Balaban J connectivity index is 1.19. The van der Waals surface area contributed by atoms with Gasteiger partial charge in [-0.25, -0.2) is 19.3 Å².